The van der Waals surface area contributed by atoms with Gasteiger partial charge in [-0.3, -0.25) is 4.79 Å². The average molecular weight is 410 g/mol. The van der Waals surface area contributed by atoms with Crippen LogP contribution in [-0.4, -0.2) is 56.9 Å². The molecule has 0 radical (unpaired) electrons. The van der Waals surface area contributed by atoms with Gasteiger partial charge in [0.05, 0.1) is 17.4 Å². The van der Waals surface area contributed by atoms with E-state index < -0.39 is 9.84 Å². The van der Waals surface area contributed by atoms with E-state index in [4.69, 9.17) is 0 Å². The highest BCUT2D eigenvalue weighted by Gasteiger charge is 2.31. The molecule has 0 spiro atoms. The molecular formula is C15H15N5O3S3. The van der Waals surface area contributed by atoms with E-state index in [1.165, 1.54) is 0 Å². The van der Waals surface area contributed by atoms with Gasteiger partial charge in [-0.05, 0) is 31.0 Å². The Balaban J connectivity index is 1.58. The molecule has 0 saturated carbocycles. The summed E-state index contributed by atoms with van der Waals surface area (Å²) in [4.78, 5) is 14.6. The zero-order chi connectivity index (χ0) is 18.3. The highest BCUT2D eigenvalue weighted by atomic mass is 32.2. The number of piperidine rings is 1. The van der Waals surface area contributed by atoms with Gasteiger partial charge >= 0.3 is 0 Å². The molecule has 1 amide bonds. The first-order chi connectivity index (χ1) is 12.4. The molecule has 3 aromatic rings. The predicted molar refractivity (Wildman–Crippen MR) is 98.3 cm³/mol. The number of rotatable bonds is 3. The average Bonchev–Trinajstić information content (AvgIpc) is 3.29. The molecular weight excluding hydrogens is 394 g/mol. The third-order valence-electron chi connectivity index (χ3n) is 4.41. The third-order valence-corrected chi connectivity index (χ3v) is 7.52. The molecule has 1 saturated heterocycles. The monoisotopic (exact) mass is 409 g/mol. The van der Waals surface area contributed by atoms with Crippen LogP contribution < -0.4 is 0 Å². The molecule has 8 nitrogen and oxygen atoms in total. The van der Waals surface area contributed by atoms with Gasteiger partial charge in [-0.2, -0.15) is 8.75 Å². The van der Waals surface area contributed by atoms with Crippen LogP contribution in [0.25, 0.3) is 11.0 Å². The Morgan fingerprint density at radius 3 is 2.88 bits per heavy atom. The zero-order valence-electron chi connectivity index (χ0n) is 13.8. The van der Waals surface area contributed by atoms with E-state index in [-0.39, 0.29) is 16.0 Å². The molecule has 2 aromatic heterocycles. The number of aromatic nitrogens is 4. The number of hydrogen-bond acceptors (Lipinski definition) is 9. The first-order valence-electron chi connectivity index (χ1n) is 7.97. The van der Waals surface area contributed by atoms with Gasteiger partial charge in [0.15, 0.2) is 14.0 Å². The number of amides is 1. The Bertz CT molecular complexity index is 1080. The van der Waals surface area contributed by atoms with E-state index in [9.17, 15) is 13.2 Å². The van der Waals surface area contributed by atoms with Gasteiger partial charge in [-0.25, -0.2) is 8.42 Å². The molecule has 1 aliphatic heterocycles. The van der Waals surface area contributed by atoms with Gasteiger partial charge in [0.2, 0.25) is 0 Å². The lowest BCUT2D eigenvalue weighted by Crippen LogP contribution is -2.39. The van der Waals surface area contributed by atoms with Crippen LogP contribution in [0, 0.1) is 0 Å². The minimum absolute atomic E-state index is 0.0892. The number of carbonyl (C=O) groups excluding carboxylic acids is 1. The van der Waals surface area contributed by atoms with Crippen LogP contribution >= 0.6 is 23.3 Å². The van der Waals surface area contributed by atoms with Gasteiger partial charge in [0, 0.05) is 42.4 Å². The third kappa shape index (κ3) is 3.21. The van der Waals surface area contributed by atoms with E-state index >= 15 is 0 Å². The van der Waals surface area contributed by atoms with Crippen LogP contribution in [0.1, 0.15) is 34.8 Å². The Hall–Kier alpha value is -1.98. The Labute approximate surface area is 158 Å². The first kappa shape index (κ1) is 17.4. The van der Waals surface area contributed by atoms with E-state index in [1.807, 2.05) is 0 Å². The first-order valence-corrected chi connectivity index (χ1v) is 11.4. The Kier molecular flexibility index (Phi) is 4.45. The van der Waals surface area contributed by atoms with Crippen molar-refractivity contribution in [3.63, 3.8) is 0 Å². The molecule has 136 valence electrons. The lowest BCUT2D eigenvalue weighted by atomic mass is 9.95. The quantitative estimate of drug-likeness (QED) is 0.651. The smallest absolute Gasteiger partial charge is 0.253 e. The highest BCUT2D eigenvalue weighted by Crippen LogP contribution is 2.32. The van der Waals surface area contributed by atoms with Crippen molar-refractivity contribution in [2.24, 2.45) is 0 Å². The maximum atomic E-state index is 12.9. The van der Waals surface area contributed by atoms with Gasteiger partial charge in [-0.1, -0.05) is 4.49 Å². The Morgan fingerprint density at radius 1 is 1.27 bits per heavy atom. The number of sulfone groups is 1. The van der Waals surface area contributed by atoms with Crippen molar-refractivity contribution in [2.45, 2.75) is 23.0 Å². The molecule has 11 heteroatoms. The van der Waals surface area contributed by atoms with Crippen molar-refractivity contribution >= 4 is 50.0 Å². The van der Waals surface area contributed by atoms with Gasteiger partial charge < -0.3 is 4.90 Å². The predicted octanol–water partition coefficient (Wildman–Crippen LogP) is 1.97. The number of likely N-dealkylation sites (tertiary alicyclic amines) is 1. The van der Waals surface area contributed by atoms with Crippen molar-refractivity contribution in [1.29, 1.82) is 0 Å². The van der Waals surface area contributed by atoms with E-state index in [1.54, 1.807) is 23.1 Å². The summed E-state index contributed by atoms with van der Waals surface area (Å²) < 4.78 is 36.2. The topological polar surface area (TPSA) is 106 Å². The van der Waals surface area contributed by atoms with E-state index in [2.05, 4.69) is 18.3 Å². The maximum absolute atomic E-state index is 12.9. The highest BCUT2D eigenvalue weighted by molar-refractivity contribution is 7.92. The summed E-state index contributed by atoms with van der Waals surface area (Å²) in [6.45, 7) is 1.06. The largest absolute Gasteiger partial charge is 0.338 e. The van der Waals surface area contributed by atoms with Gasteiger partial charge in [0.25, 0.3) is 5.91 Å². The Morgan fingerprint density at radius 2 is 2.08 bits per heavy atom. The molecule has 3 heterocycles. The van der Waals surface area contributed by atoms with Crippen LogP contribution in [-0.2, 0) is 9.84 Å². The summed E-state index contributed by atoms with van der Waals surface area (Å²) in [5.74, 6) is -0.213. The zero-order valence-corrected chi connectivity index (χ0v) is 16.3. The lowest BCUT2D eigenvalue weighted by Gasteiger charge is -2.32. The summed E-state index contributed by atoms with van der Waals surface area (Å²) in [6, 6.07) is 5.29. The number of fused-ring (bicyclic) bond motifs is 1. The van der Waals surface area contributed by atoms with Crippen molar-refractivity contribution in [1.82, 2.24) is 23.2 Å². The summed E-state index contributed by atoms with van der Waals surface area (Å²) in [5, 5.41) is 4.04. The van der Waals surface area contributed by atoms with Crippen LogP contribution in [0.3, 0.4) is 0 Å². The summed E-state index contributed by atoms with van der Waals surface area (Å²) in [7, 11) is -3.37. The molecule has 0 aliphatic carbocycles. The van der Waals surface area contributed by atoms with Crippen molar-refractivity contribution in [3.8, 4) is 0 Å². The van der Waals surface area contributed by atoms with Crippen molar-refractivity contribution in [3.05, 3.63) is 29.5 Å². The molecule has 0 unspecified atom stereocenters. The lowest BCUT2D eigenvalue weighted by molar-refractivity contribution is 0.0705. The second-order valence-electron chi connectivity index (χ2n) is 6.28. The molecule has 26 heavy (non-hydrogen) atoms. The van der Waals surface area contributed by atoms with Crippen LogP contribution in [0.2, 0.25) is 0 Å². The van der Waals surface area contributed by atoms with E-state index in [0.29, 0.717) is 29.9 Å². The van der Waals surface area contributed by atoms with Gasteiger partial charge in [-0.15, -0.1) is 5.10 Å². The second-order valence-corrected chi connectivity index (χ2v) is 9.77. The number of nitrogens with zero attached hydrogens (tertiary/aromatic N) is 5. The van der Waals surface area contributed by atoms with Crippen molar-refractivity contribution < 1.29 is 13.2 Å². The fourth-order valence-electron chi connectivity index (χ4n) is 3.18. The van der Waals surface area contributed by atoms with Crippen LogP contribution in [0.5, 0.6) is 0 Å². The summed E-state index contributed by atoms with van der Waals surface area (Å²) in [5.41, 5.74) is 2.52. The van der Waals surface area contributed by atoms with Gasteiger partial charge in [0.1, 0.15) is 11.0 Å². The molecule has 4 rings (SSSR count). The molecule has 0 N–H and O–H groups in total. The molecule has 1 aliphatic rings. The standard InChI is InChI=1S/C15H15N5O3S3/c1-26(22,23)15-13(16-19-24-15)10-3-2-6-20(8-10)14(21)9-4-5-11-12(7-9)18-25-17-11/h4-5,7,10H,2-3,6,8H2,1H3/t10-/m1/s1. The SMILES string of the molecule is CS(=O)(=O)c1snnc1[C@@H]1CCCN(C(=O)c2ccc3nsnc3c2)C1. The second kappa shape index (κ2) is 6.63. The minimum atomic E-state index is -3.37. The van der Waals surface area contributed by atoms with Crippen LogP contribution in [0.4, 0.5) is 0 Å². The summed E-state index contributed by atoms with van der Waals surface area (Å²) in [6.07, 6.45) is 2.74. The molecule has 1 aromatic carbocycles. The number of benzene rings is 1. The van der Waals surface area contributed by atoms with Crippen LogP contribution in [0.15, 0.2) is 22.4 Å². The van der Waals surface area contributed by atoms with Crippen molar-refractivity contribution in [2.75, 3.05) is 19.3 Å². The fourth-order valence-corrected chi connectivity index (χ4v) is 5.43. The normalized spacial score (nSPS) is 18.3. The minimum Gasteiger partial charge on any atom is -0.338 e. The molecule has 1 fully saturated rings. The number of carbonyl (C=O) groups is 1. The fraction of sp³-hybridized carbons (Fsp3) is 0.400. The maximum Gasteiger partial charge on any atom is 0.253 e. The van der Waals surface area contributed by atoms with E-state index in [0.717, 1.165) is 47.9 Å². The number of hydrogen-bond donors (Lipinski definition) is 0. The molecule has 1 atom stereocenters. The molecule has 0 bridgehead atoms. The summed E-state index contributed by atoms with van der Waals surface area (Å²) >= 11 is 2.01.